The van der Waals surface area contributed by atoms with E-state index in [2.05, 4.69) is 70.0 Å². The maximum atomic E-state index is 5.60. The van der Waals surface area contributed by atoms with Crippen LogP contribution in [0.2, 0.25) is 0 Å². The van der Waals surface area contributed by atoms with Crippen LogP contribution < -0.4 is 5.32 Å². The molecule has 0 saturated carbocycles. The maximum absolute atomic E-state index is 5.60. The van der Waals surface area contributed by atoms with Gasteiger partial charge < -0.3 is 10.2 Å². The summed E-state index contributed by atoms with van der Waals surface area (Å²) in [6, 6.07) is 6.41. The van der Waals surface area contributed by atoms with Crippen molar-refractivity contribution in [3.63, 3.8) is 0 Å². The first-order valence-electron chi connectivity index (χ1n) is 7.42. The molecule has 0 aliphatic rings. The number of hydrogen-bond acceptors (Lipinski definition) is 1. The Labute approximate surface area is 129 Å². The summed E-state index contributed by atoms with van der Waals surface area (Å²) in [5, 5.41) is 4.24. The molecule has 1 N–H and O–H groups in total. The molecule has 112 valence electrons. The van der Waals surface area contributed by atoms with E-state index < -0.39 is 0 Å². The number of thiocarbonyl (C=S) groups is 1. The van der Waals surface area contributed by atoms with Crippen LogP contribution in [-0.4, -0.2) is 23.1 Å². The molecule has 0 saturated heterocycles. The minimum atomic E-state index is 0.604. The van der Waals surface area contributed by atoms with Crippen molar-refractivity contribution in [2.75, 3.05) is 18.4 Å². The summed E-state index contributed by atoms with van der Waals surface area (Å²) < 4.78 is 0. The average molecular weight is 292 g/mol. The van der Waals surface area contributed by atoms with Crippen LogP contribution in [0.1, 0.15) is 38.8 Å². The minimum Gasteiger partial charge on any atom is -0.349 e. The van der Waals surface area contributed by atoms with E-state index in [1.165, 1.54) is 11.1 Å². The van der Waals surface area contributed by atoms with E-state index in [0.29, 0.717) is 11.8 Å². The quantitative estimate of drug-likeness (QED) is 0.798. The molecule has 3 heteroatoms. The maximum Gasteiger partial charge on any atom is 0.173 e. The lowest BCUT2D eigenvalue weighted by Gasteiger charge is -2.29. The topological polar surface area (TPSA) is 15.3 Å². The normalized spacial score (nSPS) is 11.0. The fraction of sp³-hybridized carbons (Fsp3) is 0.588. The number of anilines is 1. The zero-order chi connectivity index (χ0) is 15.3. The van der Waals surface area contributed by atoms with E-state index in [0.717, 1.165) is 23.9 Å². The Morgan fingerprint density at radius 3 is 2.10 bits per heavy atom. The second-order valence-corrected chi connectivity index (χ2v) is 6.83. The molecule has 1 aromatic rings. The number of nitrogens with one attached hydrogen (secondary N) is 1. The molecule has 0 bridgehead atoms. The van der Waals surface area contributed by atoms with Gasteiger partial charge in [-0.05, 0) is 49.5 Å². The van der Waals surface area contributed by atoms with Crippen molar-refractivity contribution in [1.29, 1.82) is 0 Å². The van der Waals surface area contributed by atoms with Gasteiger partial charge in [0, 0.05) is 18.8 Å². The Morgan fingerprint density at radius 2 is 1.65 bits per heavy atom. The van der Waals surface area contributed by atoms with Crippen molar-refractivity contribution in [2.24, 2.45) is 11.8 Å². The lowest BCUT2D eigenvalue weighted by Crippen LogP contribution is -2.39. The SMILES string of the molecule is Cc1ccc(NC(=S)N(CC(C)C)CC(C)C)c(C)c1. The van der Waals surface area contributed by atoms with Crippen LogP contribution in [0.5, 0.6) is 0 Å². The predicted octanol–water partition coefficient (Wildman–Crippen LogP) is 4.61. The fourth-order valence-electron chi connectivity index (χ4n) is 2.27. The smallest absolute Gasteiger partial charge is 0.173 e. The van der Waals surface area contributed by atoms with Crippen LogP contribution in [0.4, 0.5) is 5.69 Å². The molecule has 0 aromatic heterocycles. The van der Waals surface area contributed by atoms with Crippen molar-refractivity contribution in [2.45, 2.75) is 41.5 Å². The van der Waals surface area contributed by atoms with Crippen LogP contribution in [0.25, 0.3) is 0 Å². The third-order valence-electron chi connectivity index (χ3n) is 3.08. The summed E-state index contributed by atoms with van der Waals surface area (Å²) in [4.78, 5) is 2.28. The highest BCUT2D eigenvalue weighted by Gasteiger charge is 2.13. The summed E-state index contributed by atoms with van der Waals surface area (Å²) in [5.41, 5.74) is 3.62. The van der Waals surface area contributed by atoms with Gasteiger partial charge >= 0.3 is 0 Å². The second kappa shape index (κ2) is 7.63. The van der Waals surface area contributed by atoms with E-state index in [-0.39, 0.29) is 0 Å². The summed E-state index contributed by atoms with van der Waals surface area (Å²) in [5.74, 6) is 1.21. The van der Waals surface area contributed by atoms with Crippen LogP contribution >= 0.6 is 12.2 Å². The predicted molar refractivity (Wildman–Crippen MR) is 93.4 cm³/mol. The number of nitrogens with zero attached hydrogens (tertiary/aromatic N) is 1. The third kappa shape index (κ3) is 5.49. The molecular weight excluding hydrogens is 264 g/mol. The molecule has 1 aromatic carbocycles. The molecule has 0 atom stereocenters. The Kier molecular flexibility index (Phi) is 6.47. The number of rotatable bonds is 5. The Bertz CT molecular complexity index is 442. The van der Waals surface area contributed by atoms with Crippen LogP contribution in [0.15, 0.2) is 18.2 Å². The molecular formula is C17H28N2S. The van der Waals surface area contributed by atoms with Gasteiger partial charge in [0.05, 0.1) is 0 Å². The van der Waals surface area contributed by atoms with E-state index >= 15 is 0 Å². The van der Waals surface area contributed by atoms with Crippen molar-refractivity contribution in [1.82, 2.24) is 4.90 Å². The Balaban J connectivity index is 2.79. The highest BCUT2D eigenvalue weighted by Crippen LogP contribution is 2.17. The molecule has 20 heavy (non-hydrogen) atoms. The zero-order valence-electron chi connectivity index (χ0n) is 13.7. The average Bonchev–Trinajstić information content (AvgIpc) is 2.30. The fourth-order valence-corrected chi connectivity index (χ4v) is 2.53. The first kappa shape index (κ1) is 17.0. The van der Waals surface area contributed by atoms with Gasteiger partial charge in [0.25, 0.3) is 0 Å². The summed E-state index contributed by atoms with van der Waals surface area (Å²) in [6.07, 6.45) is 0. The summed E-state index contributed by atoms with van der Waals surface area (Å²) in [6.45, 7) is 15.1. The molecule has 0 amide bonds. The van der Waals surface area contributed by atoms with Gasteiger partial charge in [0.2, 0.25) is 0 Å². The number of hydrogen-bond donors (Lipinski definition) is 1. The molecule has 2 nitrogen and oxygen atoms in total. The molecule has 0 spiro atoms. The first-order valence-corrected chi connectivity index (χ1v) is 7.83. The van der Waals surface area contributed by atoms with Gasteiger partial charge in [-0.3, -0.25) is 0 Å². The van der Waals surface area contributed by atoms with E-state index in [1.807, 2.05) is 0 Å². The van der Waals surface area contributed by atoms with E-state index in [9.17, 15) is 0 Å². The molecule has 0 heterocycles. The number of aryl methyl sites for hydroxylation is 2. The summed E-state index contributed by atoms with van der Waals surface area (Å²) in [7, 11) is 0. The van der Waals surface area contributed by atoms with Crippen LogP contribution in [0, 0.1) is 25.7 Å². The van der Waals surface area contributed by atoms with Crippen molar-refractivity contribution in [3.8, 4) is 0 Å². The molecule has 0 unspecified atom stereocenters. The monoisotopic (exact) mass is 292 g/mol. The van der Waals surface area contributed by atoms with Gasteiger partial charge in [-0.1, -0.05) is 45.4 Å². The van der Waals surface area contributed by atoms with Gasteiger partial charge in [0.1, 0.15) is 0 Å². The van der Waals surface area contributed by atoms with Crippen molar-refractivity contribution in [3.05, 3.63) is 29.3 Å². The highest BCUT2D eigenvalue weighted by molar-refractivity contribution is 7.80. The second-order valence-electron chi connectivity index (χ2n) is 6.44. The van der Waals surface area contributed by atoms with Crippen LogP contribution in [0.3, 0.4) is 0 Å². The largest absolute Gasteiger partial charge is 0.349 e. The van der Waals surface area contributed by atoms with Crippen LogP contribution in [-0.2, 0) is 0 Å². The Morgan fingerprint density at radius 1 is 1.10 bits per heavy atom. The van der Waals surface area contributed by atoms with Gasteiger partial charge in [-0.2, -0.15) is 0 Å². The zero-order valence-corrected chi connectivity index (χ0v) is 14.5. The van der Waals surface area contributed by atoms with Crippen molar-refractivity contribution < 1.29 is 0 Å². The first-order chi connectivity index (χ1) is 9.29. The van der Waals surface area contributed by atoms with E-state index in [4.69, 9.17) is 12.2 Å². The summed E-state index contributed by atoms with van der Waals surface area (Å²) >= 11 is 5.60. The number of benzene rings is 1. The minimum absolute atomic E-state index is 0.604. The lowest BCUT2D eigenvalue weighted by molar-refractivity contribution is 0.332. The Hall–Kier alpha value is -1.09. The van der Waals surface area contributed by atoms with E-state index in [1.54, 1.807) is 0 Å². The standard InChI is InChI=1S/C17H28N2S/c1-12(2)10-19(11-13(3)4)17(20)18-16-8-7-14(5)9-15(16)6/h7-9,12-13H,10-11H2,1-6H3,(H,18,20). The molecule has 1 rings (SSSR count). The van der Waals surface area contributed by atoms with Gasteiger partial charge in [-0.15, -0.1) is 0 Å². The van der Waals surface area contributed by atoms with Gasteiger partial charge in [-0.25, -0.2) is 0 Å². The third-order valence-corrected chi connectivity index (χ3v) is 3.44. The molecule has 0 fully saturated rings. The molecule has 0 aliphatic heterocycles. The van der Waals surface area contributed by atoms with Crippen molar-refractivity contribution >= 4 is 23.0 Å². The highest BCUT2D eigenvalue weighted by atomic mass is 32.1. The lowest BCUT2D eigenvalue weighted by atomic mass is 10.1. The molecule has 0 radical (unpaired) electrons. The van der Waals surface area contributed by atoms with Gasteiger partial charge in [0.15, 0.2) is 5.11 Å². The molecule has 0 aliphatic carbocycles.